The number of carbonyl (C=O) groups is 1. The zero-order valence-corrected chi connectivity index (χ0v) is 11.3. The van der Waals surface area contributed by atoms with E-state index >= 15 is 0 Å². The molecular formula is C13H23NO4. The lowest BCUT2D eigenvalue weighted by Crippen LogP contribution is -2.45. The van der Waals surface area contributed by atoms with E-state index in [1.54, 1.807) is 0 Å². The summed E-state index contributed by atoms with van der Waals surface area (Å²) in [5, 5.41) is 0. The maximum atomic E-state index is 11.9. The van der Waals surface area contributed by atoms with Gasteiger partial charge < -0.3 is 19.1 Å². The van der Waals surface area contributed by atoms with Gasteiger partial charge in [-0.05, 0) is 19.8 Å². The summed E-state index contributed by atoms with van der Waals surface area (Å²) in [6.45, 7) is 4.05. The Morgan fingerprint density at radius 1 is 1.33 bits per heavy atom. The predicted octanol–water partition coefficient (Wildman–Crippen LogP) is 1.17. The molecule has 0 aromatic carbocycles. The number of carbonyl (C=O) groups excluding carboxylic acids is 1. The van der Waals surface area contributed by atoms with Crippen molar-refractivity contribution in [1.29, 1.82) is 0 Å². The highest BCUT2D eigenvalue weighted by Gasteiger charge is 2.41. The Hall–Kier alpha value is -0.650. The molecule has 0 radical (unpaired) electrons. The molecule has 2 rings (SSSR count). The zero-order chi connectivity index (χ0) is 13.0. The molecule has 1 aliphatic carbocycles. The predicted molar refractivity (Wildman–Crippen MR) is 66.2 cm³/mol. The summed E-state index contributed by atoms with van der Waals surface area (Å²) in [5.74, 6) is -0.286. The molecule has 1 spiro atoms. The fraction of sp³-hybridized carbons (Fsp3) is 0.923. The number of nitrogens with zero attached hydrogens (tertiary/aromatic N) is 1. The van der Waals surface area contributed by atoms with Crippen molar-refractivity contribution in [2.75, 3.05) is 33.5 Å². The van der Waals surface area contributed by atoms with Crippen LogP contribution in [0.1, 0.15) is 32.6 Å². The summed E-state index contributed by atoms with van der Waals surface area (Å²) in [7, 11) is 1.86. The highest BCUT2D eigenvalue weighted by molar-refractivity contribution is 5.77. The Morgan fingerprint density at radius 3 is 2.50 bits per heavy atom. The molecule has 104 valence electrons. The van der Waals surface area contributed by atoms with Gasteiger partial charge in [-0.25, -0.2) is 0 Å². The van der Waals surface area contributed by atoms with Crippen molar-refractivity contribution in [2.45, 2.75) is 44.4 Å². The van der Waals surface area contributed by atoms with Gasteiger partial charge in [-0.15, -0.1) is 0 Å². The summed E-state index contributed by atoms with van der Waals surface area (Å²) in [5.41, 5.74) is 0. The molecule has 0 N–H and O–H groups in total. The first-order valence-electron chi connectivity index (χ1n) is 6.78. The van der Waals surface area contributed by atoms with Crippen LogP contribution >= 0.6 is 0 Å². The first-order valence-corrected chi connectivity index (χ1v) is 6.78. The Balaban J connectivity index is 1.79. The Kier molecular flexibility index (Phi) is 4.59. The van der Waals surface area contributed by atoms with Gasteiger partial charge in [0.1, 0.15) is 6.61 Å². The van der Waals surface area contributed by atoms with Crippen LogP contribution in [0.5, 0.6) is 0 Å². The Morgan fingerprint density at radius 2 is 1.94 bits per heavy atom. The van der Waals surface area contributed by atoms with Gasteiger partial charge in [-0.1, -0.05) is 0 Å². The third-order valence-corrected chi connectivity index (χ3v) is 3.90. The van der Waals surface area contributed by atoms with Gasteiger partial charge in [0, 0.05) is 32.5 Å². The lowest BCUT2D eigenvalue weighted by Gasteiger charge is -2.39. The summed E-state index contributed by atoms with van der Waals surface area (Å²) in [4.78, 5) is 13.7. The second-order valence-electron chi connectivity index (χ2n) is 4.98. The molecule has 1 heterocycles. The van der Waals surface area contributed by atoms with Crippen LogP contribution in [0, 0.1) is 0 Å². The van der Waals surface area contributed by atoms with E-state index in [1.165, 1.54) is 0 Å². The number of hydrogen-bond acceptors (Lipinski definition) is 4. The number of amides is 1. The van der Waals surface area contributed by atoms with E-state index in [4.69, 9.17) is 14.2 Å². The summed E-state index contributed by atoms with van der Waals surface area (Å²) >= 11 is 0. The molecule has 0 atom stereocenters. The van der Waals surface area contributed by atoms with E-state index in [-0.39, 0.29) is 24.3 Å². The molecule has 2 aliphatic rings. The minimum Gasteiger partial charge on any atom is -0.372 e. The molecule has 5 heteroatoms. The lowest BCUT2D eigenvalue weighted by atomic mass is 9.89. The smallest absolute Gasteiger partial charge is 0.248 e. The third-order valence-electron chi connectivity index (χ3n) is 3.90. The minimum absolute atomic E-state index is 0.0612. The van der Waals surface area contributed by atoms with Crippen LogP contribution in [0.25, 0.3) is 0 Å². The van der Waals surface area contributed by atoms with E-state index < -0.39 is 0 Å². The molecule has 1 amide bonds. The van der Waals surface area contributed by atoms with Crippen molar-refractivity contribution in [2.24, 2.45) is 0 Å². The largest absolute Gasteiger partial charge is 0.372 e. The summed E-state index contributed by atoms with van der Waals surface area (Å²) in [6.07, 6.45) is 3.64. The number of hydrogen-bond donors (Lipinski definition) is 0. The van der Waals surface area contributed by atoms with Crippen LogP contribution in [0.4, 0.5) is 0 Å². The van der Waals surface area contributed by atoms with Crippen molar-refractivity contribution in [3.63, 3.8) is 0 Å². The van der Waals surface area contributed by atoms with Crippen LogP contribution in [-0.4, -0.2) is 56.1 Å². The zero-order valence-electron chi connectivity index (χ0n) is 11.3. The highest BCUT2D eigenvalue weighted by Crippen LogP contribution is 2.37. The topological polar surface area (TPSA) is 48.0 Å². The third kappa shape index (κ3) is 3.02. The Labute approximate surface area is 108 Å². The van der Waals surface area contributed by atoms with Gasteiger partial charge in [-0.3, -0.25) is 4.79 Å². The maximum Gasteiger partial charge on any atom is 0.248 e. The van der Waals surface area contributed by atoms with E-state index in [1.807, 2.05) is 18.9 Å². The van der Waals surface area contributed by atoms with E-state index in [9.17, 15) is 4.79 Å². The maximum absolute atomic E-state index is 11.9. The molecule has 0 unspecified atom stereocenters. The molecule has 5 nitrogen and oxygen atoms in total. The molecule has 0 bridgehead atoms. The van der Waals surface area contributed by atoms with Gasteiger partial charge >= 0.3 is 0 Å². The fourth-order valence-corrected chi connectivity index (χ4v) is 2.71. The number of likely N-dealkylation sites (N-methyl/N-ethyl adjacent to an activating group) is 1. The molecule has 0 aromatic rings. The minimum atomic E-state index is -0.347. The second-order valence-corrected chi connectivity index (χ2v) is 4.98. The summed E-state index contributed by atoms with van der Waals surface area (Å²) in [6, 6.07) is 0.288. The summed E-state index contributed by atoms with van der Waals surface area (Å²) < 4.78 is 16.5. The van der Waals surface area contributed by atoms with E-state index in [0.717, 1.165) is 25.7 Å². The van der Waals surface area contributed by atoms with Crippen molar-refractivity contribution in [3.05, 3.63) is 0 Å². The molecule has 0 aromatic heterocycles. The normalized spacial score (nSPS) is 23.4. The monoisotopic (exact) mass is 257 g/mol. The quantitative estimate of drug-likeness (QED) is 0.758. The van der Waals surface area contributed by atoms with Crippen LogP contribution in [0.3, 0.4) is 0 Å². The number of rotatable bonds is 4. The lowest BCUT2D eigenvalue weighted by molar-refractivity contribution is -0.185. The van der Waals surface area contributed by atoms with E-state index in [2.05, 4.69) is 0 Å². The molecule has 1 aliphatic heterocycles. The first-order chi connectivity index (χ1) is 8.67. The first kappa shape index (κ1) is 13.8. The fourth-order valence-electron chi connectivity index (χ4n) is 2.71. The van der Waals surface area contributed by atoms with Crippen molar-refractivity contribution < 1.29 is 19.0 Å². The van der Waals surface area contributed by atoms with Gasteiger partial charge in [0.2, 0.25) is 5.91 Å². The van der Waals surface area contributed by atoms with Crippen molar-refractivity contribution >= 4 is 5.91 Å². The van der Waals surface area contributed by atoms with Gasteiger partial charge in [0.25, 0.3) is 0 Å². The van der Waals surface area contributed by atoms with Crippen LogP contribution in [-0.2, 0) is 19.0 Å². The average Bonchev–Trinajstić information content (AvgIpc) is 2.84. The second kappa shape index (κ2) is 5.99. The SMILES string of the molecule is CCOCC(=O)N(C)C1CCC2(CC1)OCCO2. The van der Waals surface area contributed by atoms with Crippen LogP contribution in [0.2, 0.25) is 0 Å². The van der Waals surface area contributed by atoms with E-state index in [0.29, 0.717) is 19.8 Å². The van der Waals surface area contributed by atoms with Crippen molar-refractivity contribution in [1.82, 2.24) is 4.90 Å². The average molecular weight is 257 g/mol. The Bertz CT molecular complexity index is 279. The molecular weight excluding hydrogens is 234 g/mol. The molecule has 2 fully saturated rings. The molecule has 1 saturated carbocycles. The van der Waals surface area contributed by atoms with Crippen molar-refractivity contribution in [3.8, 4) is 0 Å². The van der Waals surface area contributed by atoms with Gasteiger partial charge in [0.05, 0.1) is 13.2 Å². The molecule has 1 saturated heterocycles. The highest BCUT2D eigenvalue weighted by atomic mass is 16.7. The van der Waals surface area contributed by atoms with Crippen LogP contribution < -0.4 is 0 Å². The number of ether oxygens (including phenoxy) is 3. The van der Waals surface area contributed by atoms with Gasteiger partial charge in [0.15, 0.2) is 5.79 Å². The van der Waals surface area contributed by atoms with Gasteiger partial charge in [-0.2, -0.15) is 0 Å². The standard InChI is InChI=1S/C13H23NO4/c1-3-16-10-12(15)14(2)11-4-6-13(7-5-11)17-8-9-18-13/h11H,3-10H2,1-2H3. The van der Waals surface area contributed by atoms with Crippen LogP contribution in [0.15, 0.2) is 0 Å². The molecule has 18 heavy (non-hydrogen) atoms.